The Morgan fingerprint density at radius 1 is 1.42 bits per heavy atom. The number of nitrogens with one attached hydrogen (secondary N) is 2. The number of carbonyl (C=O) groups is 1. The molecule has 0 aromatic rings. The highest BCUT2D eigenvalue weighted by Crippen LogP contribution is 1.90. The number of hydrogen-bond acceptors (Lipinski definition) is 3. The van der Waals surface area contributed by atoms with Crippen molar-refractivity contribution >= 4 is 5.91 Å². The highest BCUT2D eigenvalue weighted by molar-refractivity contribution is 5.80. The Bertz CT molecular complexity index is 137. The second-order valence-corrected chi connectivity index (χ2v) is 3.10. The lowest BCUT2D eigenvalue weighted by Crippen LogP contribution is -2.38. The number of rotatable bonds is 5. The molecule has 0 rings (SSSR count). The maximum absolute atomic E-state index is 11.2. The summed E-state index contributed by atoms with van der Waals surface area (Å²) in [5, 5.41) is 2.76. The van der Waals surface area contributed by atoms with Crippen LogP contribution in [0.3, 0.4) is 0 Å². The van der Waals surface area contributed by atoms with Gasteiger partial charge in [0, 0.05) is 13.6 Å². The van der Waals surface area contributed by atoms with E-state index >= 15 is 0 Å². The smallest absolute Gasteiger partial charge is 0.250 e. The SMILES string of the molecule is CNOC(C)C(=O)NCC(C)C. The predicted molar refractivity (Wildman–Crippen MR) is 47.5 cm³/mol. The minimum absolute atomic E-state index is 0.0851. The van der Waals surface area contributed by atoms with Crippen LogP contribution in [0.4, 0.5) is 0 Å². The molecule has 0 fully saturated rings. The maximum Gasteiger partial charge on any atom is 0.250 e. The molecule has 1 atom stereocenters. The predicted octanol–water partition coefficient (Wildman–Crippen LogP) is 0.298. The van der Waals surface area contributed by atoms with Gasteiger partial charge in [-0.1, -0.05) is 13.8 Å². The molecule has 72 valence electrons. The van der Waals surface area contributed by atoms with E-state index in [-0.39, 0.29) is 5.91 Å². The summed E-state index contributed by atoms with van der Waals surface area (Å²) in [5.74, 6) is 0.383. The second kappa shape index (κ2) is 5.97. The molecular weight excluding hydrogens is 156 g/mol. The highest BCUT2D eigenvalue weighted by atomic mass is 16.7. The molecule has 1 amide bonds. The minimum atomic E-state index is -0.436. The molecule has 1 unspecified atom stereocenters. The van der Waals surface area contributed by atoms with E-state index in [1.165, 1.54) is 0 Å². The molecule has 0 aliphatic carbocycles. The van der Waals surface area contributed by atoms with Gasteiger partial charge in [0.05, 0.1) is 0 Å². The van der Waals surface area contributed by atoms with Crippen LogP contribution in [0.25, 0.3) is 0 Å². The quantitative estimate of drug-likeness (QED) is 0.589. The zero-order valence-electron chi connectivity index (χ0n) is 8.18. The molecule has 0 radical (unpaired) electrons. The van der Waals surface area contributed by atoms with Crippen molar-refractivity contribution in [3.63, 3.8) is 0 Å². The Kier molecular flexibility index (Phi) is 5.66. The van der Waals surface area contributed by atoms with Crippen molar-refractivity contribution in [1.82, 2.24) is 10.8 Å². The largest absolute Gasteiger partial charge is 0.354 e. The van der Waals surface area contributed by atoms with E-state index in [0.29, 0.717) is 12.5 Å². The van der Waals surface area contributed by atoms with E-state index in [4.69, 9.17) is 4.84 Å². The lowest BCUT2D eigenvalue weighted by atomic mass is 10.2. The van der Waals surface area contributed by atoms with Crippen molar-refractivity contribution in [3.05, 3.63) is 0 Å². The van der Waals surface area contributed by atoms with Crippen LogP contribution in [-0.4, -0.2) is 25.6 Å². The first-order chi connectivity index (χ1) is 5.57. The average Bonchev–Trinajstić information content (AvgIpc) is 2.00. The summed E-state index contributed by atoms with van der Waals surface area (Å²) < 4.78 is 0. The van der Waals surface area contributed by atoms with Gasteiger partial charge in [-0.3, -0.25) is 9.63 Å². The normalized spacial score (nSPS) is 13.1. The first-order valence-electron chi connectivity index (χ1n) is 4.18. The number of hydrogen-bond donors (Lipinski definition) is 2. The molecule has 0 aromatic heterocycles. The monoisotopic (exact) mass is 174 g/mol. The summed E-state index contributed by atoms with van der Waals surface area (Å²) in [4.78, 5) is 16.0. The van der Waals surface area contributed by atoms with Crippen molar-refractivity contribution in [3.8, 4) is 0 Å². The van der Waals surface area contributed by atoms with Gasteiger partial charge in [-0.2, -0.15) is 0 Å². The van der Waals surface area contributed by atoms with E-state index in [2.05, 4.69) is 10.8 Å². The fraction of sp³-hybridized carbons (Fsp3) is 0.875. The maximum atomic E-state index is 11.2. The van der Waals surface area contributed by atoms with Crippen LogP contribution in [0.2, 0.25) is 0 Å². The topological polar surface area (TPSA) is 50.4 Å². The standard InChI is InChI=1S/C8H18N2O2/c1-6(2)5-10-8(11)7(3)12-9-4/h6-7,9H,5H2,1-4H3,(H,10,11). The van der Waals surface area contributed by atoms with Crippen molar-refractivity contribution in [2.75, 3.05) is 13.6 Å². The van der Waals surface area contributed by atoms with Gasteiger partial charge in [0.1, 0.15) is 0 Å². The molecule has 0 aliphatic rings. The third-order valence-corrected chi connectivity index (χ3v) is 1.35. The molecule has 0 heterocycles. The summed E-state index contributed by atoms with van der Waals surface area (Å²) in [6, 6.07) is 0. The minimum Gasteiger partial charge on any atom is -0.354 e. The summed E-state index contributed by atoms with van der Waals surface area (Å²) in [7, 11) is 1.63. The van der Waals surface area contributed by atoms with Crippen molar-refractivity contribution in [1.29, 1.82) is 0 Å². The fourth-order valence-corrected chi connectivity index (χ4v) is 0.679. The van der Waals surface area contributed by atoms with Crippen LogP contribution in [0, 0.1) is 5.92 Å². The van der Waals surface area contributed by atoms with Gasteiger partial charge < -0.3 is 5.32 Å². The van der Waals surface area contributed by atoms with Gasteiger partial charge in [0.15, 0.2) is 6.10 Å². The third-order valence-electron chi connectivity index (χ3n) is 1.35. The Morgan fingerprint density at radius 2 is 2.00 bits per heavy atom. The van der Waals surface area contributed by atoms with E-state index in [9.17, 15) is 4.79 Å². The summed E-state index contributed by atoms with van der Waals surface area (Å²) in [6.07, 6.45) is -0.436. The summed E-state index contributed by atoms with van der Waals surface area (Å²) in [5.41, 5.74) is 2.48. The highest BCUT2D eigenvalue weighted by Gasteiger charge is 2.12. The Labute approximate surface area is 73.6 Å². The Balaban J connectivity index is 3.57. The molecule has 4 nitrogen and oxygen atoms in total. The van der Waals surface area contributed by atoms with Gasteiger partial charge in [0.2, 0.25) is 0 Å². The first-order valence-corrected chi connectivity index (χ1v) is 4.18. The van der Waals surface area contributed by atoms with Gasteiger partial charge >= 0.3 is 0 Å². The van der Waals surface area contributed by atoms with E-state index in [1.54, 1.807) is 14.0 Å². The van der Waals surface area contributed by atoms with Gasteiger partial charge in [0.25, 0.3) is 5.91 Å². The number of hydroxylamine groups is 1. The molecular formula is C8H18N2O2. The summed E-state index contributed by atoms with van der Waals surface area (Å²) in [6.45, 7) is 6.48. The molecule has 12 heavy (non-hydrogen) atoms. The molecule has 0 spiro atoms. The van der Waals surface area contributed by atoms with E-state index < -0.39 is 6.10 Å². The zero-order valence-corrected chi connectivity index (χ0v) is 8.18. The molecule has 0 saturated carbocycles. The van der Waals surface area contributed by atoms with E-state index in [1.807, 2.05) is 13.8 Å². The Morgan fingerprint density at radius 3 is 2.42 bits per heavy atom. The molecule has 0 bridgehead atoms. The van der Waals surface area contributed by atoms with Crippen molar-refractivity contribution < 1.29 is 9.63 Å². The fourth-order valence-electron chi connectivity index (χ4n) is 0.679. The number of amides is 1. The van der Waals surface area contributed by atoms with Crippen LogP contribution < -0.4 is 10.8 Å². The van der Waals surface area contributed by atoms with Crippen LogP contribution in [0.15, 0.2) is 0 Å². The van der Waals surface area contributed by atoms with Gasteiger partial charge in [-0.25, -0.2) is 5.48 Å². The molecule has 4 heteroatoms. The molecule has 2 N–H and O–H groups in total. The lowest BCUT2D eigenvalue weighted by Gasteiger charge is -2.12. The van der Waals surface area contributed by atoms with Crippen LogP contribution >= 0.6 is 0 Å². The van der Waals surface area contributed by atoms with E-state index in [0.717, 1.165) is 0 Å². The lowest BCUT2D eigenvalue weighted by molar-refractivity contribution is -0.135. The van der Waals surface area contributed by atoms with Gasteiger partial charge in [-0.15, -0.1) is 0 Å². The van der Waals surface area contributed by atoms with Gasteiger partial charge in [-0.05, 0) is 12.8 Å². The molecule has 0 aliphatic heterocycles. The zero-order chi connectivity index (χ0) is 9.56. The van der Waals surface area contributed by atoms with Crippen LogP contribution in [0.5, 0.6) is 0 Å². The molecule has 0 saturated heterocycles. The Hall–Kier alpha value is -0.610. The first kappa shape index (κ1) is 11.4. The average molecular weight is 174 g/mol. The van der Waals surface area contributed by atoms with Crippen molar-refractivity contribution in [2.24, 2.45) is 5.92 Å². The second-order valence-electron chi connectivity index (χ2n) is 3.10. The third kappa shape index (κ3) is 5.09. The van der Waals surface area contributed by atoms with Crippen molar-refractivity contribution in [2.45, 2.75) is 26.9 Å². The van der Waals surface area contributed by atoms with Crippen LogP contribution in [0.1, 0.15) is 20.8 Å². The number of carbonyl (C=O) groups excluding carboxylic acids is 1. The molecule has 0 aromatic carbocycles. The van der Waals surface area contributed by atoms with Crippen LogP contribution in [-0.2, 0) is 9.63 Å². The summed E-state index contributed by atoms with van der Waals surface area (Å²) >= 11 is 0.